The largest absolute Gasteiger partial charge is 0.371 e. The van der Waals surface area contributed by atoms with Gasteiger partial charge in [-0.3, -0.25) is 19.3 Å². The second-order valence-electron chi connectivity index (χ2n) is 17.0. The number of urea groups is 1. The molecule has 4 heterocycles. The van der Waals surface area contributed by atoms with Gasteiger partial charge in [0.1, 0.15) is 6.29 Å². The van der Waals surface area contributed by atoms with Gasteiger partial charge in [-0.25, -0.2) is 14.8 Å². The fraction of sp³-hybridized carbons (Fsp3) is 0.404. The van der Waals surface area contributed by atoms with Crippen LogP contribution in [0.1, 0.15) is 61.5 Å². The molecule has 14 heteroatoms. The first-order chi connectivity index (χ1) is 29.5. The molecule has 2 aromatic heterocycles. The van der Waals surface area contributed by atoms with E-state index in [0.717, 1.165) is 104 Å². The van der Waals surface area contributed by atoms with Gasteiger partial charge in [0, 0.05) is 113 Å². The third kappa shape index (κ3) is 10.9. The molecular formula is C47H59N11O3. The molecule has 0 spiro atoms. The highest BCUT2D eigenvalue weighted by atomic mass is 16.2. The Labute approximate surface area is 359 Å². The van der Waals surface area contributed by atoms with E-state index < -0.39 is 0 Å². The van der Waals surface area contributed by atoms with Gasteiger partial charge in [-0.15, -0.1) is 0 Å². The summed E-state index contributed by atoms with van der Waals surface area (Å²) in [5.74, 6) is 1.04. The molecular weight excluding hydrogens is 767 g/mol. The number of nitrogens with one attached hydrogen (secondary N) is 3. The Kier molecular flexibility index (Phi) is 13.6. The Morgan fingerprint density at radius 3 is 2.34 bits per heavy atom. The van der Waals surface area contributed by atoms with Crippen LogP contribution in [0.4, 0.5) is 33.5 Å². The lowest BCUT2D eigenvalue weighted by molar-refractivity contribution is -0.107. The van der Waals surface area contributed by atoms with Crippen LogP contribution in [0.3, 0.4) is 0 Å². The zero-order chi connectivity index (χ0) is 42.9. The standard InChI is InChI=1S/C47H59N11O3/c1-34-28-36(10-11-37(34)30-50-44(60)38-31-51-58(33-38)47(2,3)4)43-16-19-49-45(53-43)52-39-12-14-40(15-13-39)56-25-23-54(24-26-56)32-35-17-21-55(22-18-35)41-8-6-9-42(29-41)57(20-7-27-59)46(61)48-5/h6,8-16,19,27-29,31,33,35H,7,17-18,20-26,30,32H2,1-5H3,(H,48,61)(H,50,60)(H,49,52,53). The summed E-state index contributed by atoms with van der Waals surface area (Å²) in [5.41, 5.74) is 8.31. The van der Waals surface area contributed by atoms with Crippen molar-refractivity contribution >= 4 is 46.9 Å². The number of hydrogen-bond acceptors (Lipinski definition) is 10. The van der Waals surface area contributed by atoms with E-state index in [1.807, 2.05) is 58.0 Å². The summed E-state index contributed by atoms with van der Waals surface area (Å²) >= 11 is 0. The molecule has 61 heavy (non-hydrogen) atoms. The van der Waals surface area contributed by atoms with Crippen molar-refractivity contribution in [3.8, 4) is 11.3 Å². The molecule has 0 aliphatic carbocycles. The van der Waals surface area contributed by atoms with Crippen molar-refractivity contribution in [3.63, 3.8) is 0 Å². The molecule has 7 rings (SSSR count). The fourth-order valence-electron chi connectivity index (χ4n) is 8.05. The van der Waals surface area contributed by atoms with E-state index in [1.54, 1.807) is 35.2 Å². The lowest BCUT2D eigenvalue weighted by Crippen LogP contribution is -2.49. The van der Waals surface area contributed by atoms with Gasteiger partial charge < -0.3 is 30.5 Å². The van der Waals surface area contributed by atoms with E-state index in [-0.39, 0.29) is 17.5 Å². The van der Waals surface area contributed by atoms with E-state index in [0.29, 0.717) is 36.9 Å². The molecule has 2 aliphatic heterocycles. The monoisotopic (exact) mass is 825 g/mol. The normalized spacial score (nSPS) is 15.0. The second kappa shape index (κ2) is 19.4. The first-order valence-electron chi connectivity index (χ1n) is 21.4. The van der Waals surface area contributed by atoms with Gasteiger partial charge >= 0.3 is 6.03 Å². The molecule has 2 aliphatic rings. The number of piperidine rings is 1. The Bertz CT molecular complexity index is 2270. The van der Waals surface area contributed by atoms with Crippen LogP contribution in [0.25, 0.3) is 11.3 Å². The third-order valence-corrected chi connectivity index (χ3v) is 11.7. The van der Waals surface area contributed by atoms with Crippen LogP contribution >= 0.6 is 0 Å². The van der Waals surface area contributed by atoms with Gasteiger partial charge in [-0.05, 0) is 112 Å². The van der Waals surface area contributed by atoms with Crippen LogP contribution in [-0.4, -0.2) is 102 Å². The quantitative estimate of drug-likeness (QED) is 0.102. The van der Waals surface area contributed by atoms with Crippen LogP contribution < -0.4 is 30.7 Å². The average Bonchev–Trinajstić information content (AvgIpc) is 3.79. The average molecular weight is 826 g/mol. The van der Waals surface area contributed by atoms with Gasteiger partial charge in [0.05, 0.1) is 23.0 Å². The Balaban J connectivity index is 0.856. The van der Waals surface area contributed by atoms with E-state index >= 15 is 0 Å². The van der Waals surface area contributed by atoms with Crippen LogP contribution in [0.2, 0.25) is 0 Å². The predicted octanol–water partition coefficient (Wildman–Crippen LogP) is 6.85. The van der Waals surface area contributed by atoms with Gasteiger partial charge in [0.25, 0.3) is 5.91 Å². The summed E-state index contributed by atoms with van der Waals surface area (Å²) in [6, 6.07) is 24.5. The number of amides is 3. The maximum absolute atomic E-state index is 12.8. The minimum absolute atomic E-state index is 0.149. The number of anilines is 5. The summed E-state index contributed by atoms with van der Waals surface area (Å²) < 4.78 is 1.80. The SMILES string of the molecule is CNC(=O)N(CCC=O)c1cccc(N2CCC(CN3CCN(c4ccc(Nc5nccc(-c6ccc(CNC(=O)c7cnn(C(C)(C)C)c7)c(C)c6)n5)cc4)CC3)CC2)c1. The highest BCUT2D eigenvalue weighted by Crippen LogP contribution is 2.29. The number of aldehydes is 1. The molecule has 0 saturated carbocycles. The first kappa shape index (κ1) is 42.8. The number of nitrogens with zero attached hydrogens (tertiary/aromatic N) is 8. The zero-order valence-electron chi connectivity index (χ0n) is 36.1. The summed E-state index contributed by atoms with van der Waals surface area (Å²) in [5, 5.41) is 13.4. The van der Waals surface area contributed by atoms with Gasteiger partial charge in [-0.2, -0.15) is 5.10 Å². The van der Waals surface area contributed by atoms with Gasteiger partial charge in [0.2, 0.25) is 5.95 Å². The lowest BCUT2D eigenvalue weighted by atomic mass is 9.95. The zero-order valence-corrected chi connectivity index (χ0v) is 36.1. The summed E-state index contributed by atoms with van der Waals surface area (Å²) in [6.45, 7) is 16.1. The Hall–Kier alpha value is -6.28. The summed E-state index contributed by atoms with van der Waals surface area (Å²) in [4.78, 5) is 54.7. The van der Waals surface area contributed by atoms with Crippen LogP contribution in [0, 0.1) is 12.8 Å². The molecule has 320 valence electrons. The molecule has 0 radical (unpaired) electrons. The van der Waals surface area contributed by atoms with Crippen molar-refractivity contribution in [2.24, 2.45) is 5.92 Å². The number of carbonyl (C=O) groups is 3. The lowest BCUT2D eigenvalue weighted by Gasteiger charge is -2.40. The van der Waals surface area contributed by atoms with Crippen molar-refractivity contribution in [2.45, 2.75) is 59.0 Å². The first-order valence-corrected chi connectivity index (χ1v) is 21.4. The second-order valence-corrected chi connectivity index (χ2v) is 17.0. The fourth-order valence-corrected chi connectivity index (χ4v) is 8.05. The van der Waals surface area contributed by atoms with Crippen molar-refractivity contribution < 1.29 is 14.4 Å². The minimum atomic E-state index is -0.210. The number of piperazine rings is 1. The molecule has 3 N–H and O–H groups in total. The topological polar surface area (TPSA) is 144 Å². The maximum atomic E-state index is 12.8. The number of benzene rings is 3. The molecule has 2 saturated heterocycles. The van der Waals surface area contributed by atoms with Crippen LogP contribution in [-0.2, 0) is 16.9 Å². The highest BCUT2D eigenvalue weighted by Gasteiger charge is 2.25. The number of rotatable bonds is 14. The number of aromatic nitrogens is 4. The maximum Gasteiger partial charge on any atom is 0.321 e. The Morgan fingerprint density at radius 1 is 0.902 bits per heavy atom. The molecule has 14 nitrogen and oxygen atoms in total. The number of carbonyl (C=O) groups excluding carboxylic acids is 3. The van der Waals surface area contributed by atoms with Crippen LogP contribution in [0.5, 0.6) is 0 Å². The smallest absolute Gasteiger partial charge is 0.321 e. The van der Waals surface area contributed by atoms with E-state index in [1.165, 1.54) is 5.69 Å². The molecule has 0 bridgehead atoms. The van der Waals surface area contributed by atoms with Gasteiger partial charge in [-0.1, -0.05) is 18.2 Å². The molecule has 3 amide bonds. The van der Waals surface area contributed by atoms with Crippen molar-refractivity contribution in [1.29, 1.82) is 0 Å². The number of hydrogen-bond donors (Lipinski definition) is 3. The van der Waals surface area contributed by atoms with Crippen molar-refractivity contribution in [2.75, 3.05) is 79.4 Å². The van der Waals surface area contributed by atoms with Gasteiger partial charge in [0.15, 0.2) is 0 Å². The minimum Gasteiger partial charge on any atom is -0.371 e. The molecule has 0 unspecified atom stereocenters. The third-order valence-electron chi connectivity index (χ3n) is 11.7. The van der Waals surface area contributed by atoms with E-state index in [2.05, 4.69) is 83.2 Å². The molecule has 5 aromatic rings. The van der Waals surface area contributed by atoms with Crippen LogP contribution in [0.15, 0.2) is 91.4 Å². The van der Waals surface area contributed by atoms with E-state index in [9.17, 15) is 14.4 Å². The van der Waals surface area contributed by atoms with E-state index in [4.69, 9.17) is 4.98 Å². The predicted molar refractivity (Wildman–Crippen MR) is 243 cm³/mol. The summed E-state index contributed by atoms with van der Waals surface area (Å²) in [6.07, 6.45) is 8.57. The number of aryl methyl sites for hydroxylation is 1. The molecule has 3 aromatic carbocycles. The molecule has 0 atom stereocenters. The highest BCUT2D eigenvalue weighted by molar-refractivity contribution is 5.94. The molecule has 2 fully saturated rings. The van der Waals surface area contributed by atoms with Crippen molar-refractivity contribution in [1.82, 2.24) is 35.3 Å². The Morgan fingerprint density at radius 2 is 1.66 bits per heavy atom. The summed E-state index contributed by atoms with van der Waals surface area (Å²) in [7, 11) is 1.61. The van der Waals surface area contributed by atoms with Crippen molar-refractivity contribution in [3.05, 3.63) is 108 Å².